The maximum Gasteiger partial charge on any atom is 0.281 e. The van der Waals surface area contributed by atoms with Gasteiger partial charge in [0, 0.05) is 55.0 Å². The van der Waals surface area contributed by atoms with Crippen LogP contribution >= 0.6 is 11.3 Å². The number of pyridine rings is 1. The number of fused-ring (bicyclic) bond motifs is 4. The summed E-state index contributed by atoms with van der Waals surface area (Å²) in [6, 6.07) is 11.8. The average Bonchev–Trinajstić information content (AvgIpc) is 3.66. The van der Waals surface area contributed by atoms with Gasteiger partial charge >= 0.3 is 0 Å². The summed E-state index contributed by atoms with van der Waals surface area (Å²) in [5.41, 5.74) is 2.14. The molecule has 2 aliphatic heterocycles. The van der Waals surface area contributed by atoms with Crippen molar-refractivity contribution in [3.63, 3.8) is 0 Å². The Hall–Kier alpha value is -3.76. The lowest BCUT2D eigenvalue weighted by molar-refractivity contribution is -0.121. The van der Waals surface area contributed by atoms with E-state index >= 15 is 0 Å². The van der Waals surface area contributed by atoms with Crippen LogP contribution in [0, 0.1) is 0 Å². The van der Waals surface area contributed by atoms with E-state index in [1.807, 2.05) is 41.3 Å². The summed E-state index contributed by atoms with van der Waals surface area (Å²) in [6.45, 7) is 2.06. The number of thiazole rings is 1. The fourth-order valence-corrected chi connectivity index (χ4v) is 6.10. The quantitative estimate of drug-likeness (QED) is 0.339. The van der Waals surface area contributed by atoms with Gasteiger partial charge in [-0.3, -0.25) is 9.69 Å². The molecule has 5 aromatic rings. The Labute approximate surface area is 197 Å². The molecule has 7 rings (SSSR count). The minimum absolute atomic E-state index is 0.170. The number of carbonyl (C=O) groups is 1. The van der Waals surface area contributed by atoms with E-state index in [9.17, 15) is 4.79 Å². The van der Waals surface area contributed by atoms with E-state index in [4.69, 9.17) is 13.7 Å². The lowest BCUT2D eigenvalue weighted by Gasteiger charge is -2.39. The van der Waals surface area contributed by atoms with E-state index in [2.05, 4.69) is 20.0 Å². The molecule has 0 unspecified atom stereocenters. The molecule has 6 heterocycles. The molecule has 0 radical (unpaired) electrons. The number of hydrogen-bond donors (Lipinski definition) is 0. The molecule has 2 fully saturated rings. The van der Waals surface area contributed by atoms with Crippen LogP contribution in [-0.4, -0.2) is 50.5 Å². The number of furan rings is 1. The molecule has 0 saturated carbocycles. The molecule has 2 atom stereocenters. The fraction of sp³-hybridized carbons (Fsp3) is 0.250. The topological polar surface area (TPSA) is 97.7 Å². The van der Waals surface area contributed by atoms with Crippen LogP contribution in [0.2, 0.25) is 0 Å². The molecule has 10 heteroatoms. The molecular formula is C24H19N5O4S. The summed E-state index contributed by atoms with van der Waals surface area (Å²) in [5, 5.41) is 5.49. The molecule has 170 valence electrons. The van der Waals surface area contributed by atoms with Crippen molar-refractivity contribution in [3.8, 4) is 10.9 Å². The number of amides is 1. The Morgan fingerprint density at radius 3 is 3.09 bits per heavy atom. The average molecular weight is 474 g/mol. The molecule has 1 amide bonds. The second-order valence-electron chi connectivity index (χ2n) is 8.75. The van der Waals surface area contributed by atoms with Crippen molar-refractivity contribution in [2.45, 2.75) is 24.5 Å². The smallest absolute Gasteiger partial charge is 0.281 e. The van der Waals surface area contributed by atoms with Crippen molar-refractivity contribution < 1.29 is 18.5 Å². The molecule has 2 bridgehead atoms. The predicted octanol–water partition coefficient (Wildman–Crippen LogP) is 4.16. The summed E-state index contributed by atoms with van der Waals surface area (Å²) >= 11 is 1.46. The molecule has 9 nitrogen and oxygen atoms in total. The summed E-state index contributed by atoms with van der Waals surface area (Å²) in [6.07, 6.45) is 6.96. The highest BCUT2D eigenvalue weighted by atomic mass is 32.1. The monoisotopic (exact) mass is 473 g/mol. The number of carbonyl (C=O) groups excluding carboxylic acids is 1. The fourth-order valence-electron chi connectivity index (χ4n) is 5.31. The van der Waals surface area contributed by atoms with Crippen molar-refractivity contribution in [1.29, 1.82) is 0 Å². The molecule has 1 aromatic carbocycles. The van der Waals surface area contributed by atoms with Crippen LogP contribution in [0.3, 0.4) is 0 Å². The Morgan fingerprint density at radius 2 is 2.24 bits per heavy atom. The molecule has 2 saturated heterocycles. The molecular weight excluding hydrogens is 454 g/mol. The SMILES string of the molecule is O=CN1C[C@]2(c3ccno3)C[C@H]1CN2Cc1coc2cc(Oc3nc4ncccc4s3)ccc12. The van der Waals surface area contributed by atoms with E-state index in [1.54, 1.807) is 18.7 Å². The van der Waals surface area contributed by atoms with Gasteiger partial charge in [0.25, 0.3) is 5.19 Å². The maximum absolute atomic E-state index is 11.5. The molecule has 4 aromatic heterocycles. The van der Waals surface area contributed by atoms with E-state index in [-0.39, 0.29) is 11.6 Å². The standard InChI is InChI=1S/C24H19N5O4S/c30-14-28-13-24(21-5-7-26-33-21)9-16(28)11-29(24)10-15-12-31-19-8-17(3-4-18(15)19)32-23-27-22-20(34-23)2-1-6-25-22/h1-8,12,14,16H,9-11,13H2/t16-,24-/m0/s1. The molecule has 0 N–H and O–H groups in total. The minimum Gasteiger partial charge on any atom is -0.464 e. The van der Waals surface area contributed by atoms with Gasteiger partial charge in [-0.25, -0.2) is 4.98 Å². The van der Waals surface area contributed by atoms with Crippen molar-refractivity contribution in [1.82, 2.24) is 24.9 Å². The first-order chi connectivity index (χ1) is 16.7. The number of rotatable bonds is 6. The largest absolute Gasteiger partial charge is 0.464 e. The van der Waals surface area contributed by atoms with Gasteiger partial charge in [-0.05, 0) is 30.7 Å². The van der Waals surface area contributed by atoms with Crippen molar-refractivity contribution in [2.24, 2.45) is 0 Å². The van der Waals surface area contributed by atoms with Gasteiger partial charge in [-0.15, -0.1) is 0 Å². The first-order valence-corrected chi connectivity index (χ1v) is 11.8. The van der Waals surface area contributed by atoms with Crippen LogP contribution in [0.25, 0.3) is 21.3 Å². The number of benzene rings is 1. The lowest BCUT2D eigenvalue weighted by Crippen LogP contribution is -2.51. The van der Waals surface area contributed by atoms with Gasteiger partial charge in [-0.2, -0.15) is 4.98 Å². The van der Waals surface area contributed by atoms with Crippen LogP contribution in [-0.2, 0) is 16.9 Å². The summed E-state index contributed by atoms with van der Waals surface area (Å²) in [5.74, 6) is 1.46. The lowest BCUT2D eigenvalue weighted by atomic mass is 9.94. The number of nitrogens with zero attached hydrogens (tertiary/aromatic N) is 5. The normalized spacial score (nSPS) is 22.2. The Kier molecular flexibility index (Phi) is 4.27. The highest BCUT2D eigenvalue weighted by molar-refractivity contribution is 7.20. The summed E-state index contributed by atoms with van der Waals surface area (Å²) in [4.78, 5) is 24.5. The summed E-state index contributed by atoms with van der Waals surface area (Å²) < 4.78 is 18.4. The van der Waals surface area contributed by atoms with Crippen molar-refractivity contribution >= 4 is 39.1 Å². The zero-order valence-electron chi connectivity index (χ0n) is 18.0. The molecule has 2 aliphatic rings. The van der Waals surface area contributed by atoms with Gasteiger partial charge in [0.1, 0.15) is 16.9 Å². The van der Waals surface area contributed by atoms with Crippen LogP contribution in [0.1, 0.15) is 17.7 Å². The third kappa shape index (κ3) is 2.95. The van der Waals surface area contributed by atoms with Gasteiger partial charge in [0.05, 0.1) is 17.2 Å². The van der Waals surface area contributed by atoms with Gasteiger partial charge in [0.2, 0.25) is 6.41 Å². The number of piperazine rings is 1. The van der Waals surface area contributed by atoms with E-state index in [1.165, 1.54) is 11.3 Å². The third-order valence-corrected chi connectivity index (χ3v) is 7.78. The predicted molar refractivity (Wildman–Crippen MR) is 123 cm³/mol. The molecule has 0 spiro atoms. The Balaban J connectivity index is 1.16. The van der Waals surface area contributed by atoms with Crippen LogP contribution in [0.4, 0.5) is 0 Å². The summed E-state index contributed by atoms with van der Waals surface area (Å²) in [7, 11) is 0. The van der Waals surface area contributed by atoms with Crippen molar-refractivity contribution in [2.75, 3.05) is 13.1 Å². The Bertz CT molecular complexity index is 1480. The van der Waals surface area contributed by atoms with Crippen molar-refractivity contribution in [3.05, 3.63) is 66.4 Å². The maximum atomic E-state index is 11.5. The third-order valence-electron chi connectivity index (χ3n) is 6.89. The number of hydrogen-bond acceptors (Lipinski definition) is 9. The number of likely N-dealkylation sites (tertiary alicyclic amines) is 2. The van der Waals surface area contributed by atoms with E-state index in [0.717, 1.165) is 46.4 Å². The number of ether oxygens (including phenoxy) is 1. The highest BCUT2D eigenvalue weighted by Crippen LogP contribution is 2.47. The van der Waals surface area contributed by atoms with Gasteiger partial charge in [0.15, 0.2) is 11.4 Å². The van der Waals surface area contributed by atoms with Crippen LogP contribution in [0.15, 0.2) is 64.0 Å². The second kappa shape index (κ2) is 7.37. The van der Waals surface area contributed by atoms with Gasteiger partial charge in [-0.1, -0.05) is 16.5 Å². The molecule has 34 heavy (non-hydrogen) atoms. The van der Waals surface area contributed by atoms with Crippen LogP contribution < -0.4 is 4.74 Å². The number of aromatic nitrogens is 3. The zero-order chi connectivity index (χ0) is 22.7. The second-order valence-corrected chi connectivity index (χ2v) is 9.74. The first kappa shape index (κ1) is 19.7. The van der Waals surface area contributed by atoms with E-state index < -0.39 is 0 Å². The van der Waals surface area contributed by atoms with E-state index in [0.29, 0.717) is 29.7 Å². The van der Waals surface area contributed by atoms with Gasteiger partial charge < -0.3 is 18.6 Å². The zero-order valence-corrected chi connectivity index (χ0v) is 18.8. The highest BCUT2D eigenvalue weighted by Gasteiger charge is 2.57. The minimum atomic E-state index is -0.365. The first-order valence-electron chi connectivity index (χ1n) is 11.0. The molecule has 0 aliphatic carbocycles. The van der Waals surface area contributed by atoms with Crippen LogP contribution in [0.5, 0.6) is 10.9 Å². The Morgan fingerprint density at radius 1 is 1.26 bits per heavy atom.